The Bertz CT molecular complexity index is 885. The molecule has 0 saturated heterocycles. The second-order valence-electron chi connectivity index (χ2n) is 6.28. The van der Waals surface area contributed by atoms with Crippen LogP contribution in [0.15, 0.2) is 48.5 Å². The molecule has 0 aliphatic carbocycles. The van der Waals surface area contributed by atoms with Gasteiger partial charge in [0.1, 0.15) is 18.1 Å². The quantitative estimate of drug-likeness (QED) is 0.614. The van der Waals surface area contributed by atoms with E-state index in [0.29, 0.717) is 19.6 Å². The molecule has 0 atom stereocenters. The van der Waals surface area contributed by atoms with Gasteiger partial charge in [-0.25, -0.2) is 12.8 Å². The summed E-state index contributed by atoms with van der Waals surface area (Å²) in [4.78, 5) is 12.2. The summed E-state index contributed by atoms with van der Waals surface area (Å²) < 4.78 is 43.6. The lowest BCUT2D eigenvalue weighted by Gasteiger charge is -2.21. The van der Waals surface area contributed by atoms with Gasteiger partial charge in [0.25, 0.3) is 0 Å². The van der Waals surface area contributed by atoms with Crippen molar-refractivity contribution in [3.63, 3.8) is 0 Å². The number of hydrogen-bond acceptors (Lipinski definition) is 4. The van der Waals surface area contributed by atoms with Crippen molar-refractivity contribution >= 4 is 21.6 Å². The highest BCUT2D eigenvalue weighted by Gasteiger charge is 2.21. The van der Waals surface area contributed by atoms with Gasteiger partial charge in [-0.15, -0.1) is 0 Å². The summed E-state index contributed by atoms with van der Waals surface area (Å²) in [5.74, 6) is -0.193. The lowest BCUT2D eigenvalue weighted by molar-refractivity contribution is -0.119. The van der Waals surface area contributed by atoms with Crippen LogP contribution in [0.4, 0.5) is 10.1 Å². The molecule has 0 unspecified atom stereocenters. The van der Waals surface area contributed by atoms with E-state index in [0.717, 1.165) is 34.4 Å². The van der Waals surface area contributed by atoms with E-state index in [2.05, 4.69) is 5.32 Å². The third kappa shape index (κ3) is 6.84. The summed E-state index contributed by atoms with van der Waals surface area (Å²) >= 11 is 0. The summed E-state index contributed by atoms with van der Waals surface area (Å²) in [5.41, 5.74) is 1.24. The van der Waals surface area contributed by atoms with E-state index < -0.39 is 28.3 Å². The van der Waals surface area contributed by atoms with Gasteiger partial charge < -0.3 is 10.1 Å². The van der Waals surface area contributed by atoms with Crippen LogP contribution >= 0.6 is 0 Å². The predicted molar refractivity (Wildman–Crippen MR) is 108 cm³/mol. The number of amides is 1. The Hall–Kier alpha value is -2.61. The SMILES string of the molecule is CCOc1ccc(CCCNC(=O)CN(c2cccc(F)c2)S(C)(=O)=O)cc1. The Morgan fingerprint density at radius 2 is 1.89 bits per heavy atom. The molecule has 2 aromatic rings. The van der Waals surface area contributed by atoms with Gasteiger partial charge in [-0.1, -0.05) is 18.2 Å². The minimum Gasteiger partial charge on any atom is -0.494 e. The number of aryl methyl sites for hydroxylation is 1. The molecule has 0 fully saturated rings. The Morgan fingerprint density at radius 1 is 1.18 bits per heavy atom. The summed E-state index contributed by atoms with van der Waals surface area (Å²) in [6, 6.07) is 12.9. The zero-order chi connectivity index (χ0) is 20.6. The third-order valence-corrected chi connectivity index (χ3v) is 5.12. The van der Waals surface area contributed by atoms with Gasteiger partial charge in [-0.3, -0.25) is 9.10 Å². The van der Waals surface area contributed by atoms with E-state index in [9.17, 15) is 17.6 Å². The number of halogens is 1. The van der Waals surface area contributed by atoms with Crippen LogP contribution in [0.5, 0.6) is 5.75 Å². The molecule has 2 rings (SSSR count). The largest absolute Gasteiger partial charge is 0.494 e. The van der Waals surface area contributed by atoms with Crippen LogP contribution in [0.2, 0.25) is 0 Å². The summed E-state index contributed by atoms with van der Waals surface area (Å²) in [6.07, 6.45) is 2.46. The number of rotatable bonds is 10. The summed E-state index contributed by atoms with van der Waals surface area (Å²) in [5, 5.41) is 2.71. The number of hydrogen-bond donors (Lipinski definition) is 1. The fourth-order valence-electron chi connectivity index (χ4n) is 2.66. The van der Waals surface area contributed by atoms with Crippen LogP contribution in [0, 0.1) is 5.82 Å². The highest BCUT2D eigenvalue weighted by molar-refractivity contribution is 7.92. The van der Waals surface area contributed by atoms with Crippen LogP contribution in [-0.2, 0) is 21.2 Å². The molecule has 0 aromatic heterocycles. The van der Waals surface area contributed by atoms with Crippen molar-refractivity contribution in [2.75, 3.05) is 30.3 Å². The molecule has 28 heavy (non-hydrogen) atoms. The fraction of sp³-hybridized carbons (Fsp3) is 0.350. The molecule has 6 nitrogen and oxygen atoms in total. The number of nitrogens with zero attached hydrogens (tertiary/aromatic N) is 1. The highest BCUT2D eigenvalue weighted by atomic mass is 32.2. The second-order valence-corrected chi connectivity index (χ2v) is 8.19. The van der Waals surface area contributed by atoms with Crippen LogP contribution in [0.25, 0.3) is 0 Å². The summed E-state index contributed by atoms with van der Waals surface area (Å²) in [6.45, 7) is 2.55. The maximum atomic E-state index is 13.4. The average Bonchev–Trinajstić information content (AvgIpc) is 2.64. The molecule has 0 aliphatic rings. The first-order chi connectivity index (χ1) is 13.3. The van der Waals surface area contributed by atoms with Crippen LogP contribution in [-0.4, -0.2) is 40.3 Å². The fourth-order valence-corrected chi connectivity index (χ4v) is 3.51. The van der Waals surface area contributed by atoms with Crippen LogP contribution in [0.1, 0.15) is 18.9 Å². The minimum absolute atomic E-state index is 0.118. The van der Waals surface area contributed by atoms with Crippen molar-refractivity contribution in [1.82, 2.24) is 5.32 Å². The van der Waals surface area contributed by atoms with E-state index >= 15 is 0 Å². The molecule has 8 heteroatoms. The maximum absolute atomic E-state index is 13.4. The molecular weight excluding hydrogens is 383 g/mol. The van der Waals surface area contributed by atoms with Crippen molar-refractivity contribution in [3.8, 4) is 5.75 Å². The average molecular weight is 408 g/mol. The third-order valence-electron chi connectivity index (χ3n) is 3.98. The Morgan fingerprint density at radius 3 is 2.50 bits per heavy atom. The lowest BCUT2D eigenvalue weighted by atomic mass is 10.1. The first-order valence-electron chi connectivity index (χ1n) is 9.01. The van der Waals surface area contributed by atoms with E-state index in [1.165, 1.54) is 18.2 Å². The van der Waals surface area contributed by atoms with E-state index in [1.54, 1.807) is 0 Å². The monoisotopic (exact) mass is 408 g/mol. The molecule has 0 heterocycles. The minimum atomic E-state index is -3.72. The van der Waals surface area contributed by atoms with E-state index in [1.807, 2.05) is 31.2 Å². The van der Waals surface area contributed by atoms with Crippen molar-refractivity contribution in [2.45, 2.75) is 19.8 Å². The van der Waals surface area contributed by atoms with E-state index in [-0.39, 0.29) is 5.69 Å². The maximum Gasteiger partial charge on any atom is 0.240 e. The van der Waals surface area contributed by atoms with Crippen molar-refractivity contribution in [2.24, 2.45) is 0 Å². The number of nitrogens with one attached hydrogen (secondary N) is 1. The number of carbonyl (C=O) groups excluding carboxylic acids is 1. The zero-order valence-electron chi connectivity index (χ0n) is 16.0. The van der Waals surface area contributed by atoms with Crippen molar-refractivity contribution < 1.29 is 22.3 Å². The number of carbonyl (C=O) groups is 1. The Labute approximate surface area is 165 Å². The highest BCUT2D eigenvalue weighted by Crippen LogP contribution is 2.18. The number of ether oxygens (including phenoxy) is 1. The molecular formula is C20H25FN2O4S. The zero-order valence-corrected chi connectivity index (χ0v) is 16.8. The molecule has 0 spiro atoms. The van der Waals surface area contributed by atoms with Gasteiger partial charge in [0.05, 0.1) is 18.6 Å². The molecule has 1 amide bonds. The van der Waals surface area contributed by atoms with Gasteiger partial charge >= 0.3 is 0 Å². The second kappa shape index (κ2) is 10.1. The topological polar surface area (TPSA) is 75.7 Å². The molecule has 152 valence electrons. The first kappa shape index (κ1) is 21.7. The molecule has 0 bridgehead atoms. The van der Waals surface area contributed by atoms with Gasteiger partial charge in [0.15, 0.2) is 0 Å². The Kier molecular flexibility index (Phi) is 7.80. The van der Waals surface area contributed by atoms with Crippen molar-refractivity contribution in [1.29, 1.82) is 0 Å². The normalized spacial score (nSPS) is 11.1. The van der Waals surface area contributed by atoms with E-state index in [4.69, 9.17) is 4.74 Å². The molecule has 0 saturated carbocycles. The molecule has 2 aromatic carbocycles. The predicted octanol–water partition coefficient (Wildman–Crippen LogP) is 2.74. The molecule has 1 N–H and O–H groups in total. The van der Waals surface area contributed by atoms with Crippen LogP contribution in [0.3, 0.4) is 0 Å². The van der Waals surface area contributed by atoms with Crippen LogP contribution < -0.4 is 14.4 Å². The first-order valence-corrected chi connectivity index (χ1v) is 10.9. The standard InChI is InChI=1S/C20H25FN2O4S/c1-3-27-19-11-9-16(10-12-19)6-5-13-22-20(24)15-23(28(2,25)26)18-8-4-7-17(21)14-18/h4,7-12,14H,3,5-6,13,15H2,1-2H3,(H,22,24). The van der Waals surface area contributed by atoms with Gasteiger partial charge in [-0.05, 0) is 55.7 Å². The number of sulfonamides is 1. The molecule has 0 aliphatic heterocycles. The van der Waals surface area contributed by atoms with Gasteiger partial charge in [-0.2, -0.15) is 0 Å². The smallest absolute Gasteiger partial charge is 0.240 e. The summed E-state index contributed by atoms with van der Waals surface area (Å²) in [7, 11) is -3.72. The van der Waals surface area contributed by atoms with Crippen molar-refractivity contribution in [3.05, 3.63) is 59.9 Å². The number of benzene rings is 2. The lowest BCUT2D eigenvalue weighted by Crippen LogP contribution is -2.40. The number of anilines is 1. The van der Waals surface area contributed by atoms with Gasteiger partial charge in [0.2, 0.25) is 15.9 Å². The molecule has 0 radical (unpaired) electrons. The van der Waals surface area contributed by atoms with Gasteiger partial charge in [0, 0.05) is 6.54 Å². The Balaban J connectivity index is 1.84.